The predicted molar refractivity (Wildman–Crippen MR) is 99.1 cm³/mol. The number of anilines is 2. The topological polar surface area (TPSA) is 121 Å². The number of hydrogen-bond donors (Lipinski definition) is 4. The number of ketones is 1. The smallest absolute Gasteiger partial charge is 0.224 e. The number of benzene rings is 1. The van der Waals surface area contributed by atoms with Crippen LogP contribution >= 0.6 is 11.3 Å². The maximum absolute atomic E-state index is 14.5. The Morgan fingerprint density at radius 3 is 2.81 bits per heavy atom. The van der Waals surface area contributed by atoms with Crippen LogP contribution in [-0.2, 0) is 0 Å². The molecule has 3 rings (SSSR count). The number of nitrogens with one attached hydrogen (secondary N) is 1. The van der Waals surface area contributed by atoms with Crippen LogP contribution in [0.2, 0.25) is 0 Å². The average Bonchev–Trinajstić information content (AvgIpc) is 2.93. The third kappa shape index (κ3) is 3.06. The lowest BCUT2D eigenvalue weighted by Crippen LogP contribution is -2.21. The molecule has 0 bridgehead atoms. The molecule has 3 aromatic rings. The maximum atomic E-state index is 14.5. The van der Waals surface area contributed by atoms with Crippen molar-refractivity contribution in [2.75, 3.05) is 17.7 Å². The number of halogens is 1. The zero-order valence-electron chi connectivity index (χ0n) is 14.1. The Balaban J connectivity index is 2.33. The number of aliphatic hydroxyl groups excluding tert-OH is 1. The highest BCUT2D eigenvalue weighted by atomic mass is 32.1. The summed E-state index contributed by atoms with van der Waals surface area (Å²) in [6.07, 6.45) is 0. The summed E-state index contributed by atoms with van der Waals surface area (Å²) < 4.78 is 14.5. The Morgan fingerprint density at radius 1 is 1.42 bits per heavy atom. The Kier molecular flexibility index (Phi) is 4.75. The first-order chi connectivity index (χ1) is 12.3. The maximum Gasteiger partial charge on any atom is 0.224 e. The molecule has 0 amide bonds. The molecule has 5 N–H and O–H groups in total. The van der Waals surface area contributed by atoms with Crippen LogP contribution in [0, 0.1) is 5.82 Å². The number of aliphatic hydroxyl groups is 1. The van der Waals surface area contributed by atoms with Crippen LogP contribution in [0.15, 0.2) is 18.2 Å². The van der Waals surface area contributed by atoms with Gasteiger partial charge in [0.15, 0.2) is 17.3 Å². The summed E-state index contributed by atoms with van der Waals surface area (Å²) in [4.78, 5) is 21.2. The van der Waals surface area contributed by atoms with Crippen molar-refractivity contribution in [3.05, 3.63) is 28.9 Å². The van der Waals surface area contributed by atoms with E-state index in [0.717, 1.165) is 11.3 Å². The molecule has 0 saturated heterocycles. The molecule has 0 unspecified atom stereocenters. The molecule has 26 heavy (non-hydrogen) atoms. The van der Waals surface area contributed by atoms with Crippen molar-refractivity contribution in [3.8, 4) is 17.0 Å². The van der Waals surface area contributed by atoms with E-state index in [1.54, 1.807) is 6.92 Å². The number of Topliss-reactive ketones (excluding diaryl/α,β-unsaturated/α-hetero) is 1. The van der Waals surface area contributed by atoms with Crippen LogP contribution in [0.25, 0.3) is 21.5 Å². The second-order valence-electron chi connectivity index (χ2n) is 5.84. The van der Waals surface area contributed by atoms with E-state index in [1.165, 1.54) is 25.1 Å². The first kappa shape index (κ1) is 18.0. The molecule has 0 aliphatic carbocycles. The van der Waals surface area contributed by atoms with Crippen LogP contribution < -0.4 is 11.1 Å². The van der Waals surface area contributed by atoms with Gasteiger partial charge in [-0.05, 0) is 19.1 Å². The number of aromatic nitrogens is 2. The monoisotopic (exact) mass is 376 g/mol. The molecule has 0 fully saturated rings. The van der Waals surface area contributed by atoms with E-state index in [0.29, 0.717) is 15.1 Å². The lowest BCUT2D eigenvalue weighted by Gasteiger charge is -2.13. The van der Waals surface area contributed by atoms with Gasteiger partial charge in [-0.3, -0.25) is 4.79 Å². The molecule has 0 aliphatic rings. The minimum atomic E-state index is -0.844. The molecule has 0 radical (unpaired) electrons. The molecule has 0 aliphatic heterocycles. The molecule has 136 valence electrons. The number of rotatable bonds is 5. The van der Waals surface area contributed by atoms with E-state index < -0.39 is 11.6 Å². The fourth-order valence-electron chi connectivity index (χ4n) is 2.51. The van der Waals surface area contributed by atoms with Crippen LogP contribution in [0.1, 0.15) is 23.5 Å². The minimum absolute atomic E-state index is 0.0386. The van der Waals surface area contributed by atoms with Gasteiger partial charge >= 0.3 is 0 Å². The molecule has 9 heteroatoms. The molecule has 1 aromatic carbocycles. The minimum Gasteiger partial charge on any atom is -0.505 e. The lowest BCUT2D eigenvalue weighted by atomic mass is 10.1. The van der Waals surface area contributed by atoms with Gasteiger partial charge in [-0.15, -0.1) is 11.3 Å². The molecule has 2 heterocycles. The van der Waals surface area contributed by atoms with Crippen molar-refractivity contribution in [2.24, 2.45) is 0 Å². The quantitative estimate of drug-likeness (QED) is 0.505. The number of thiophene rings is 1. The van der Waals surface area contributed by atoms with Gasteiger partial charge in [0.1, 0.15) is 4.83 Å². The van der Waals surface area contributed by atoms with E-state index >= 15 is 0 Å². The van der Waals surface area contributed by atoms with Gasteiger partial charge in [0, 0.05) is 18.5 Å². The number of nitrogen functional groups attached to an aromatic ring is 1. The summed E-state index contributed by atoms with van der Waals surface area (Å²) in [5.74, 6) is -1.43. The van der Waals surface area contributed by atoms with Crippen molar-refractivity contribution in [2.45, 2.75) is 19.9 Å². The highest BCUT2D eigenvalue weighted by Crippen LogP contribution is 2.40. The number of fused-ring (bicyclic) bond motifs is 1. The van der Waals surface area contributed by atoms with Gasteiger partial charge in [-0.2, -0.15) is 0 Å². The average molecular weight is 376 g/mol. The molecule has 7 nitrogen and oxygen atoms in total. The number of phenolic OH excluding ortho intramolecular Hbond substituents is 1. The van der Waals surface area contributed by atoms with Crippen LogP contribution in [0.5, 0.6) is 5.75 Å². The van der Waals surface area contributed by atoms with Crippen molar-refractivity contribution in [1.82, 2.24) is 9.97 Å². The van der Waals surface area contributed by atoms with Crippen LogP contribution in [0.4, 0.5) is 16.0 Å². The van der Waals surface area contributed by atoms with Crippen molar-refractivity contribution >= 4 is 39.0 Å². The number of hydrogen-bond acceptors (Lipinski definition) is 8. The summed E-state index contributed by atoms with van der Waals surface area (Å²) in [6.45, 7) is 2.96. The zero-order chi connectivity index (χ0) is 19.0. The predicted octanol–water partition coefficient (Wildman–Crippen LogP) is 2.78. The van der Waals surface area contributed by atoms with Gasteiger partial charge in [0.25, 0.3) is 0 Å². The van der Waals surface area contributed by atoms with Gasteiger partial charge in [0.05, 0.1) is 28.3 Å². The summed E-state index contributed by atoms with van der Waals surface area (Å²) in [5.41, 5.74) is 6.49. The van der Waals surface area contributed by atoms with Gasteiger partial charge < -0.3 is 21.3 Å². The fraction of sp³-hybridized carbons (Fsp3) is 0.235. The zero-order valence-corrected chi connectivity index (χ0v) is 14.9. The standard InChI is InChI=1S/C17H17FN4O3S/c1-7(6-23)20-17-21-14(9-4-3-5-10(25)12(9)18)11-13(19)15(8(2)24)26-16(11)22-17/h3-5,7,23,25H,6,19H2,1-2H3,(H,20,21,22)/t7-/m0/s1. The van der Waals surface area contributed by atoms with E-state index in [1.807, 2.05) is 0 Å². The van der Waals surface area contributed by atoms with E-state index in [4.69, 9.17) is 5.73 Å². The Bertz CT molecular complexity index is 1010. The van der Waals surface area contributed by atoms with Crippen LogP contribution in [0.3, 0.4) is 0 Å². The van der Waals surface area contributed by atoms with E-state index in [-0.39, 0.29) is 41.3 Å². The first-order valence-electron chi connectivity index (χ1n) is 7.79. The molecule has 1 atom stereocenters. The summed E-state index contributed by atoms with van der Waals surface area (Å²) in [5, 5.41) is 22.2. The largest absolute Gasteiger partial charge is 0.505 e. The number of phenols is 1. The summed E-state index contributed by atoms with van der Waals surface area (Å²) in [7, 11) is 0. The Hall–Kier alpha value is -2.78. The third-order valence-electron chi connectivity index (χ3n) is 3.79. The van der Waals surface area contributed by atoms with Crippen LogP contribution in [-0.4, -0.2) is 38.6 Å². The molecular weight excluding hydrogens is 359 g/mol. The third-order valence-corrected chi connectivity index (χ3v) is 4.99. The Morgan fingerprint density at radius 2 is 2.15 bits per heavy atom. The van der Waals surface area contributed by atoms with E-state index in [2.05, 4.69) is 15.3 Å². The number of carbonyl (C=O) groups excluding carboxylic acids is 1. The van der Waals surface area contributed by atoms with Crippen molar-refractivity contribution < 1.29 is 19.4 Å². The molecule has 0 spiro atoms. The molecule has 0 saturated carbocycles. The number of nitrogens with two attached hydrogens (primary N) is 1. The molecule has 2 aromatic heterocycles. The molecular formula is C17H17FN4O3S. The van der Waals surface area contributed by atoms with E-state index in [9.17, 15) is 19.4 Å². The highest BCUT2D eigenvalue weighted by Gasteiger charge is 2.23. The first-order valence-corrected chi connectivity index (χ1v) is 8.61. The van der Waals surface area contributed by atoms with Gasteiger partial charge in [-0.1, -0.05) is 6.07 Å². The van der Waals surface area contributed by atoms with Gasteiger partial charge in [-0.25, -0.2) is 14.4 Å². The SMILES string of the molecule is CC(=O)c1sc2nc(N[C@@H](C)CO)nc(-c3cccc(O)c3F)c2c1N. The Labute approximate surface area is 152 Å². The second-order valence-corrected chi connectivity index (χ2v) is 6.84. The lowest BCUT2D eigenvalue weighted by molar-refractivity contribution is 0.102. The van der Waals surface area contributed by atoms with Gasteiger partial charge in [0.2, 0.25) is 5.95 Å². The second kappa shape index (κ2) is 6.85. The number of carbonyl (C=O) groups is 1. The highest BCUT2D eigenvalue weighted by molar-refractivity contribution is 7.21. The van der Waals surface area contributed by atoms with Crippen molar-refractivity contribution in [3.63, 3.8) is 0 Å². The fourth-order valence-corrected chi connectivity index (χ4v) is 3.50. The summed E-state index contributed by atoms with van der Waals surface area (Å²) in [6, 6.07) is 3.83. The normalized spacial score (nSPS) is 12.3. The number of nitrogens with zero attached hydrogens (tertiary/aromatic N) is 2. The summed E-state index contributed by atoms with van der Waals surface area (Å²) >= 11 is 1.09. The van der Waals surface area contributed by atoms with Crippen molar-refractivity contribution in [1.29, 1.82) is 0 Å². The number of aromatic hydroxyl groups is 1.